The van der Waals surface area contributed by atoms with Crippen molar-refractivity contribution in [2.45, 2.75) is 27.4 Å². The number of imide groups is 3. The molecule has 1 aliphatic rings. The molecular formula is C47H30N8O4S3. The maximum Gasteiger partial charge on any atom is 0.424 e. The van der Waals surface area contributed by atoms with Gasteiger partial charge in [0.1, 0.15) is 51.0 Å². The zero-order valence-electron chi connectivity index (χ0n) is 33.1. The average Bonchev–Trinajstić information content (AvgIpc) is 4.07. The molecule has 0 saturated heterocycles. The van der Waals surface area contributed by atoms with Crippen LogP contribution >= 0.6 is 34.8 Å². The van der Waals surface area contributed by atoms with Crippen LogP contribution in [0.5, 0.6) is 0 Å². The fourth-order valence-electron chi connectivity index (χ4n) is 7.59. The molecule has 0 N–H and O–H groups in total. The van der Waals surface area contributed by atoms with Gasteiger partial charge in [-0.3, -0.25) is 9.59 Å². The predicted octanol–water partition coefficient (Wildman–Crippen LogP) is 11.4. The first-order valence-corrected chi connectivity index (χ1v) is 21.6. The second kappa shape index (κ2) is 15.5. The SMILES string of the molecule is CC1=C(C#N)C(=O)N(C(=O)OCc2ccccc2)C(=O)C1=Nc1cc2c(cc(-c3sc(N(c4ccc(C)cc4)c4ccc(C)cc4)c4ccccc34)c3nsnc32)c2nsnc12. The standard InChI is InChI=1S/C47H30N8O4S3/c1-25-13-17-29(18-14-25)54(30-19-15-26(2)16-20-30)46-32-12-8-7-11-31(32)43(60-46)35-21-33-34(39-41(35)52-61-50-39)22-37(42-40(33)51-62-53-42)49-38-27(3)36(23-48)44(56)55(45(38)57)47(58)59-24-28-9-5-4-6-10-28/h4-22H,24H2,1-3H3. The minimum Gasteiger partial charge on any atom is -0.444 e. The second-order valence-corrected chi connectivity index (χ2v) is 16.7. The number of ether oxygens (including phenoxy) is 1. The van der Waals surface area contributed by atoms with Gasteiger partial charge in [0.15, 0.2) is 0 Å². The fraction of sp³-hybridized carbons (Fsp3) is 0.0851. The molecule has 0 unspecified atom stereocenters. The minimum atomic E-state index is -1.22. The van der Waals surface area contributed by atoms with Crippen LogP contribution in [-0.4, -0.2) is 46.0 Å². The number of aliphatic imine (C=N–C) groups is 1. The van der Waals surface area contributed by atoms with E-state index in [9.17, 15) is 19.6 Å². The lowest BCUT2D eigenvalue weighted by atomic mass is 9.98. The van der Waals surface area contributed by atoms with E-state index in [0.717, 1.165) is 66.4 Å². The lowest BCUT2D eigenvalue weighted by molar-refractivity contribution is -0.136. The molecule has 0 bridgehead atoms. The first-order valence-electron chi connectivity index (χ1n) is 19.3. The Morgan fingerprint density at radius 1 is 0.710 bits per heavy atom. The van der Waals surface area contributed by atoms with Crippen molar-refractivity contribution in [2.24, 2.45) is 4.99 Å². The zero-order chi connectivity index (χ0) is 42.6. The molecule has 62 heavy (non-hydrogen) atoms. The number of thiophene rings is 1. The summed E-state index contributed by atoms with van der Waals surface area (Å²) < 4.78 is 24.3. The summed E-state index contributed by atoms with van der Waals surface area (Å²) in [6, 6.07) is 39.9. The summed E-state index contributed by atoms with van der Waals surface area (Å²) in [5.74, 6) is -2.11. The summed E-state index contributed by atoms with van der Waals surface area (Å²) in [6.45, 7) is 5.42. The highest BCUT2D eigenvalue weighted by Gasteiger charge is 2.42. The van der Waals surface area contributed by atoms with E-state index in [1.54, 1.807) is 41.7 Å². The number of nitriles is 1. The van der Waals surface area contributed by atoms with Gasteiger partial charge in [-0.2, -0.15) is 27.7 Å². The van der Waals surface area contributed by atoms with Crippen molar-refractivity contribution in [2.75, 3.05) is 4.90 Å². The lowest BCUT2D eigenvalue weighted by Crippen LogP contribution is -2.50. The number of amides is 3. The van der Waals surface area contributed by atoms with E-state index in [0.29, 0.717) is 37.9 Å². The van der Waals surface area contributed by atoms with Gasteiger partial charge in [0.05, 0.1) is 29.1 Å². The summed E-state index contributed by atoms with van der Waals surface area (Å²) in [6.07, 6.45) is -1.22. The van der Waals surface area contributed by atoms with Gasteiger partial charge in [-0.1, -0.05) is 90.0 Å². The Morgan fingerprint density at radius 3 is 1.95 bits per heavy atom. The molecule has 0 atom stereocenters. The van der Waals surface area contributed by atoms with Crippen LogP contribution in [0.1, 0.15) is 23.6 Å². The number of nitrogens with zero attached hydrogens (tertiary/aromatic N) is 8. The number of hydrogen-bond acceptors (Lipinski definition) is 14. The van der Waals surface area contributed by atoms with Crippen LogP contribution in [0.2, 0.25) is 0 Å². The highest BCUT2D eigenvalue weighted by Crippen LogP contribution is 2.51. The summed E-state index contributed by atoms with van der Waals surface area (Å²) in [7, 11) is 0. The van der Waals surface area contributed by atoms with E-state index in [-0.39, 0.29) is 23.6 Å². The van der Waals surface area contributed by atoms with Gasteiger partial charge in [-0.15, -0.1) is 11.3 Å². The molecule has 1 aliphatic heterocycles. The van der Waals surface area contributed by atoms with Crippen LogP contribution in [0, 0.1) is 25.2 Å². The van der Waals surface area contributed by atoms with Crippen molar-refractivity contribution in [3.05, 3.63) is 143 Å². The molecule has 3 aromatic heterocycles. The van der Waals surface area contributed by atoms with Gasteiger partial charge < -0.3 is 9.64 Å². The number of carbonyl (C=O) groups excluding carboxylic acids is 3. The van der Waals surface area contributed by atoms with Crippen LogP contribution in [0.3, 0.4) is 0 Å². The van der Waals surface area contributed by atoms with Gasteiger partial charge in [-0.05, 0) is 62.7 Å². The van der Waals surface area contributed by atoms with Gasteiger partial charge >= 0.3 is 6.09 Å². The number of hydrogen-bond donors (Lipinski definition) is 0. The summed E-state index contributed by atoms with van der Waals surface area (Å²) >= 11 is 3.73. The summed E-state index contributed by atoms with van der Waals surface area (Å²) in [4.78, 5) is 49.0. The molecule has 3 amide bonds. The molecule has 15 heteroatoms. The largest absolute Gasteiger partial charge is 0.444 e. The highest BCUT2D eigenvalue weighted by molar-refractivity contribution is 7.22. The van der Waals surface area contributed by atoms with Crippen LogP contribution in [0.4, 0.5) is 26.9 Å². The molecule has 4 heterocycles. The maximum absolute atomic E-state index is 14.0. The molecule has 0 spiro atoms. The van der Waals surface area contributed by atoms with Crippen LogP contribution in [0.15, 0.2) is 131 Å². The second-order valence-electron chi connectivity index (χ2n) is 14.7. The van der Waals surface area contributed by atoms with E-state index in [1.165, 1.54) is 18.1 Å². The van der Waals surface area contributed by atoms with E-state index in [2.05, 4.69) is 95.9 Å². The molecule has 0 radical (unpaired) electrons. The van der Waals surface area contributed by atoms with E-state index < -0.39 is 23.5 Å². The van der Waals surface area contributed by atoms with Crippen molar-refractivity contribution < 1.29 is 19.1 Å². The third-order valence-electron chi connectivity index (χ3n) is 10.8. The Balaban J connectivity index is 1.12. The van der Waals surface area contributed by atoms with Gasteiger partial charge in [0.25, 0.3) is 11.8 Å². The number of fused-ring (bicyclic) bond motifs is 6. The first kappa shape index (κ1) is 38.7. The number of aromatic nitrogens is 4. The smallest absolute Gasteiger partial charge is 0.424 e. The fourth-order valence-corrected chi connectivity index (χ4v) is 10.1. The molecular weight excluding hydrogens is 837 g/mol. The number of benzene rings is 6. The summed E-state index contributed by atoms with van der Waals surface area (Å²) in [5, 5.41) is 14.6. The Labute approximate surface area is 365 Å². The Morgan fingerprint density at radius 2 is 1.29 bits per heavy atom. The molecule has 0 aliphatic carbocycles. The normalized spacial score (nSPS) is 13.8. The van der Waals surface area contributed by atoms with Crippen molar-refractivity contribution in [1.82, 2.24) is 22.4 Å². The number of rotatable bonds is 7. The predicted molar refractivity (Wildman–Crippen MR) is 245 cm³/mol. The third-order valence-corrected chi connectivity index (χ3v) is 13.1. The average molecular weight is 867 g/mol. The molecule has 0 saturated carbocycles. The quantitative estimate of drug-likeness (QED) is 0.141. The zero-order valence-corrected chi connectivity index (χ0v) is 35.6. The molecule has 10 rings (SSSR count). The van der Waals surface area contributed by atoms with Crippen molar-refractivity contribution in [3.63, 3.8) is 0 Å². The molecule has 9 aromatic rings. The monoisotopic (exact) mass is 866 g/mol. The van der Waals surface area contributed by atoms with Gasteiger partial charge in [-0.25, -0.2) is 9.79 Å². The van der Waals surface area contributed by atoms with E-state index in [1.807, 2.05) is 18.2 Å². The summed E-state index contributed by atoms with van der Waals surface area (Å²) in [5.41, 5.74) is 7.68. The number of anilines is 3. The number of carbonyl (C=O) groups is 3. The minimum absolute atomic E-state index is 0.0209. The Hall–Kier alpha value is -7.51. The van der Waals surface area contributed by atoms with E-state index in [4.69, 9.17) is 22.8 Å². The van der Waals surface area contributed by atoms with Crippen LogP contribution < -0.4 is 4.90 Å². The lowest BCUT2D eigenvalue weighted by Gasteiger charge is -2.24. The molecule has 12 nitrogen and oxygen atoms in total. The molecule has 6 aromatic carbocycles. The molecule has 300 valence electrons. The third kappa shape index (κ3) is 6.48. The Kier molecular flexibility index (Phi) is 9.67. The first-order chi connectivity index (χ1) is 30.2. The number of aryl methyl sites for hydroxylation is 2. The highest BCUT2D eigenvalue weighted by atomic mass is 32.1. The van der Waals surface area contributed by atoms with E-state index >= 15 is 0 Å². The van der Waals surface area contributed by atoms with Gasteiger partial charge in [0, 0.05) is 48.9 Å². The van der Waals surface area contributed by atoms with Gasteiger partial charge in [0.2, 0.25) is 0 Å². The van der Waals surface area contributed by atoms with Crippen LogP contribution in [-0.2, 0) is 20.9 Å². The maximum atomic E-state index is 14.0. The van der Waals surface area contributed by atoms with Crippen molar-refractivity contribution in [3.8, 4) is 16.5 Å². The van der Waals surface area contributed by atoms with Crippen molar-refractivity contribution >= 4 is 124 Å². The molecule has 0 fully saturated rings. The van der Waals surface area contributed by atoms with Crippen LogP contribution in [0.25, 0.3) is 54.1 Å². The Bertz CT molecular complexity index is 3370. The topological polar surface area (TPSA) is 155 Å². The van der Waals surface area contributed by atoms with Crippen molar-refractivity contribution in [1.29, 1.82) is 5.26 Å².